The molecule has 0 saturated carbocycles. The molecular weight excluding hydrogens is 312 g/mol. The summed E-state index contributed by atoms with van der Waals surface area (Å²) in [5.41, 5.74) is -0.473. The fraction of sp³-hybridized carbons (Fsp3) is 0.556. The molecular formula is C18H26O6. The Kier molecular flexibility index (Phi) is 7.88. The minimum absolute atomic E-state index is 0.0501. The number of esters is 1. The number of aliphatic carboxylic acids is 1. The maximum atomic E-state index is 12.2. The molecule has 6 nitrogen and oxygen atoms in total. The van der Waals surface area contributed by atoms with Gasteiger partial charge >= 0.3 is 11.9 Å². The highest BCUT2D eigenvalue weighted by atomic mass is 16.7. The molecule has 6 heteroatoms. The number of carbonyl (C=O) groups excluding carboxylic acids is 1. The van der Waals surface area contributed by atoms with Crippen LogP contribution in [-0.4, -0.2) is 37.1 Å². The van der Waals surface area contributed by atoms with Crippen molar-refractivity contribution >= 4 is 11.9 Å². The number of carbonyl (C=O) groups is 2. The predicted octanol–water partition coefficient (Wildman–Crippen LogP) is 2.86. The largest absolute Gasteiger partial charge is 0.481 e. The molecule has 0 aromatic heterocycles. The second kappa shape index (κ2) is 9.39. The summed E-state index contributed by atoms with van der Waals surface area (Å²) in [6.07, 6.45) is -0.890. The summed E-state index contributed by atoms with van der Waals surface area (Å²) in [4.78, 5) is 23.9. The number of carboxylic acids is 1. The van der Waals surface area contributed by atoms with Gasteiger partial charge in [0.15, 0.2) is 6.29 Å². The molecule has 1 rings (SSSR count). The minimum Gasteiger partial charge on any atom is -0.481 e. The van der Waals surface area contributed by atoms with Crippen molar-refractivity contribution in [3.8, 4) is 0 Å². The highest BCUT2D eigenvalue weighted by Gasteiger charge is 2.45. The predicted molar refractivity (Wildman–Crippen MR) is 88.2 cm³/mol. The van der Waals surface area contributed by atoms with Crippen LogP contribution in [-0.2, 0) is 30.4 Å². The summed E-state index contributed by atoms with van der Waals surface area (Å²) in [6.45, 7) is 5.39. The van der Waals surface area contributed by atoms with Crippen molar-refractivity contribution in [2.75, 3.05) is 13.7 Å². The first-order chi connectivity index (χ1) is 11.3. The third-order valence-electron chi connectivity index (χ3n) is 3.90. The Morgan fingerprint density at radius 2 is 1.88 bits per heavy atom. The lowest BCUT2D eigenvalue weighted by Gasteiger charge is -2.33. The molecule has 0 spiro atoms. The smallest absolute Gasteiger partial charge is 0.314 e. The summed E-state index contributed by atoms with van der Waals surface area (Å²) in [5, 5.41) is 9.59. The second-order valence-corrected chi connectivity index (χ2v) is 5.94. The van der Waals surface area contributed by atoms with E-state index in [2.05, 4.69) is 0 Å². The van der Waals surface area contributed by atoms with Crippen LogP contribution in [0.3, 0.4) is 0 Å². The van der Waals surface area contributed by atoms with Crippen LogP contribution in [0.4, 0.5) is 0 Å². The zero-order valence-electron chi connectivity index (χ0n) is 14.7. The van der Waals surface area contributed by atoms with Gasteiger partial charge in [-0.15, -0.1) is 0 Å². The number of benzene rings is 1. The SMILES string of the molecule is CCOC(OC)[C@@](C)(C[C@@H](C)C(=O)OCc1ccccc1)C(=O)O. The number of methoxy groups -OCH3 is 1. The van der Waals surface area contributed by atoms with Gasteiger partial charge in [-0.3, -0.25) is 9.59 Å². The third kappa shape index (κ3) is 5.32. The molecule has 1 aromatic carbocycles. The number of carboxylic acid groups (broad SMARTS) is 1. The highest BCUT2D eigenvalue weighted by molar-refractivity contribution is 5.77. The van der Waals surface area contributed by atoms with Crippen LogP contribution < -0.4 is 0 Å². The Bertz CT molecular complexity index is 530. The first-order valence-corrected chi connectivity index (χ1v) is 7.93. The quantitative estimate of drug-likeness (QED) is 0.522. The maximum absolute atomic E-state index is 12.2. The monoisotopic (exact) mass is 338 g/mol. The van der Waals surface area contributed by atoms with Gasteiger partial charge in [-0.2, -0.15) is 0 Å². The van der Waals surface area contributed by atoms with Gasteiger partial charge in [-0.1, -0.05) is 37.3 Å². The molecule has 0 heterocycles. The van der Waals surface area contributed by atoms with Crippen LogP contribution in [0.15, 0.2) is 30.3 Å². The normalized spacial score (nSPS) is 16.0. The zero-order valence-corrected chi connectivity index (χ0v) is 14.7. The molecule has 0 radical (unpaired) electrons. The van der Waals surface area contributed by atoms with Gasteiger partial charge < -0.3 is 19.3 Å². The van der Waals surface area contributed by atoms with E-state index < -0.39 is 29.6 Å². The van der Waals surface area contributed by atoms with Crippen LogP contribution in [0.2, 0.25) is 0 Å². The van der Waals surface area contributed by atoms with E-state index in [1.807, 2.05) is 30.3 Å². The van der Waals surface area contributed by atoms with Gasteiger partial charge in [0.1, 0.15) is 12.0 Å². The van der Waals surface area contributed by atoms with Gasteiger partial charge in [-0.25, -0.2) is 0 Å². The minimum atomic E-state index is -1.35. The second-order valence-electron chi connectivity index (χ2n) is 5.94. The van der Waals surface area contributed by atoms with Gasteiger partial charge in [0.25, 0.3) is 0 Å². The maximum Gasteiger partial charge on any atom is 0.314 e. The van der Waals surface area contributed by atoms with E-state index >= 15 is 0 Å². The zero-order chi connectivity index (χ0) is 18.2. The average molecular weight is 338 g/mol. The molecule has 0 aliphatic rings. The van der Waals surface area contributed by atoms with Crippen molar-refractivity contribution in [2.24, 2.45) is 11.3 Å². The Morgan fingerprint density at radius 3 is 2.38 bits per heavy atom. The van der Waals surface area contributed by atoms with Crippen molar-refractivity contribution in [1.29, 1.82) is 0 Å². The van der Waals surface area contributed by atoms with E-state index in [1.54, 1.807) is 13.8 Å². The summed E-state index contributed by atoms with van der Waals surface area (Å²) in [6, 6.07) is 9.31. The summed E-state index contributed by atoms with van der Waals surface area (Å²) < 4.78 is 15.8. The molecule has 1 N–H and O–H groups in total. The highest BCUT2D eigenvalue weighted by Crippen LogP contribution is 2.33. The van der Waals surface area contributed by atoms with Crippen LogP contribution in [0.25, 0.3) is 0 Å². The number of rotatable bonds is 10. The van der Waals surface area contributed by atoms with Gasteiger partial charge in [0.05, 0.1) is 5.92 Å². The molecule has 134 valence electrons. The Labute approximate surface area is 142 Å². The van der Waals surface area contributed by atoms with E-state index in [0.29, 0.717) is 6.61 Å². The lowest BCUT2D eigenvalue weighted by molar-refractivity contribution is -0.207. The summed E-state index contributed by atoms with van der Waals surface area (Å²) in [7, 11) is 1.39. The van der Waals surface area contributed by atoms with Crippen molar-refractivity contribution in [3.63, 3.8) is 0 Å². The van der Waals surface area contributed by atoms with Crippen molar-refractivity contribution in [1.82, 2.24) is 0 Å². The van der Waals surface area contributed by atoms with Crippen LogP contribution >= 0.6 is 0 Å². The topological polar surface area (TPSA) is 82.1 Å². The van der Waals surface area contributed by atoms with Crippen molar-refractivity contribution < 1.29 is 28.9 Å². The van der Waals surface area contributed by atoms with E-state index in [9.17, 15) is 14.7 Å². The standard InChI is InChI=1S/C18H26O6/c1-5-23-17(22-4)18(3,16(20)21)11-13(2)15(19)24-12-14-9-7-6-8-10-14/h6-10,13,17H,5,11-12H2,1-4H3,(H,20,21)/t13-,17?,18+/m1/s1. The number of ether oxygens (including phenoxy) is 3. The van der Waals surface area contributed by atoms with E-state index in [-0.39, 0.29) is 13.0 Å². The molecule has 0 aliphatic heterocycles. The lowest BCUT2D eigenvalue weighted by atomic mass is 9.80. The lowest BCUT2D eigenvalue weighted by Crippen LogP contribution is -2.45. The fourth-order valence-corrected chi connectivity index (χ4v) is 2.54. The molecule has 0 saturated heterocycles. The Morgan fingerprint density at radius 1 is 1.25 bits per heavy atom. The molecule has 0 fully saturated rings. The van der Waals surface area contributed by atoms with E-state index in [1.165, 1.54) is 14.0 Å². The van der Waals surface area contributed by atoms with Gasteiger partial charge in [0, 0.05) is 13.7 Å². The Balaban J connectivity index is 2.71. The summed E-state index contributed by atoms with van der Waals surface area (Å²) >= 11 is 0. The molecule has 0 bridgehead atoms. The van der Waals surface area contributed by atoms with Crippen LogP contribution in [0.5, 0.6) is 0 Å². The molecule has 1 aromatic rings. The Hall–Kier alpha value is -1.92. The average Bonchev–Trinajstić information content (AvgIpc) is 2.57. The number of hydrogen-bond acceptors (Lipinski definition) is 5. The summed E-state index contributed by atoms with van der Waals surface area (Å²) in [5.74, 6) is -2.13. The van der Waals surface area contributed by atoms with E-state index in [0.717, 1.165) is 5.56 Å². The molecule has 0 amide bonds. The van der Waals surface area contributed by atoms with Crippen LogP contribution in [0.1, 0.15) is 32.8 Å². The molecule has 0 aliphatic carbocycles. The van der Waals surface area contributed by atoms with Crippen molar-refractivity contribution in [3.05, 3.63) is 35.9 Å². The molecule has 24 heavy (non-hydrogen) atoms. The first-order valence-electron chi connectivity index (χ1n) is 7.93. The molecule has 3 atom stereocenters. The fourth-order valence-electron chi connectivity index (χ4n) is 2.54. The van der Waals surface area contributed by atoms with Crippen molar-refractivity contribution in [2.45, 2.75) is 40.1 Å². The van der Waals surface area contributed by atoms with Gasteiger partial charge in [0.2, 0.25) is 0 Å². The van der Waals surface area contributed by atoms with Crippen LogP contribution in [0, 0.1) is 11.3 Å². The van der Waals surface area contributed by atoms with E-state index in [4.69, 9.17) is 14.2 Å². The first kappa shape index (κ1) is 20.1. The third-order valence-corrected chi connectivity index (χ3v) is 3.90. The van der Waals surface area contributed by atoms with Gasteiger partial charge in [-0.05, 0) is 25.8 Å². The molecule has 1 unspecified atom stereocenters. The number of hydrogen-bond donors (Lipinski definition) is 1.